The molecule has 0 aliphatic carbocycles. The van der Waals surface area contributed by atoms with Crippen LogP contribution in [0.5, 0.6) is 0 Å². The number of rotatable bonds is 12. The first kappa shape index (κ1) is 33.8. The number of hydrogen-bond donors (Lipinski definition) is 1. The SMILES string of the molecule is COC(=O)C(c1ccccc1)[C@H]1OC(n2cnc3c(N[C@@H]4CCOC4)ncnc32)[C@H](OC(=O)Cc2ccccc2)[C@@H]1OC(=O)Cc1ccccc1. The number of methoxy groups -OCH3 is 1. The van der Waals surface area contributed by atoms with Crippen LogP contribution in [0.15, 0.2) is 104 Å². The molecule has 2 aromatic heterocycles. The summed E-state index contributed by atoms with van der Waals surface area (Å²) in [6.07, 6.45) is -1.13. The average molecular weight is 692 g/mol. The number of esters is 3. The second-order valence-electron chi connectivity index (χ2n) is 12.4. The van der Waals surface area contributed by atoms with E-state index in [1.807, 2.05) is 66.7 Å². The highest BCUT2D eigenvalue weighted by Gasteiger charge is 2.55. The minimum absolute atomic E-state index is 0.0483. The second kappa shape index (κ2) is 15.5. The van der Waals surface area contributed by atoms with Crippen LogP contribution in [-0.4, -0.2) is 82.1 Å². The Morgan fingerprint density at radius 3 is 2.08 bits per heavy atom. The van der Waals surface area contributed by atoms with E-state index >= 15 is 0 Å². The van der Waals surface area contributed by atoms with Crippen molar-refractivity contribution >= 4 is 34.9 Å². The zero-order valence-electron chi connectivity index (χ0n) is 27.9. The molecule has 0 radical (unpaired) electrons. The summed E-state index contributed by atoms with van der Waals surface area (Å²) in [5, 5.41) is 3.38. The largest absolute Gasteiger partial charge is 0.468 e. The van der Waals surface area contributed by atoms with Gasteiger partial charge in [0.2, 0.25) is 0 Å². The fourth-order valence-electron chi connectivity index (χ4n) is 6.56. The molecule has 3 aromatic carbocycles. The third kappa shape index (κ3) is 7.59. The number of nitrogens with one attached hydrogen (secondary N) is 1. The molecule has 0 saturated carbocycles. The van der Waals surface area contributed by atoms with E-state index in [0.717, 1.165) is 17.5 Å². The molecule has 13 heteroatoms. The van der Waals surface area contributed by atoms with Crippen LogP contribution in [0.1, 0.15) is 35.3 Å². The Balaban J connectivity index is 1.30. The molecule has 7 rings (SSSR count). The van der Waals surface area contributed by atoms with Crippen molar-refractivity contribution in [2.24, 2.45) is 0 Å². The minimum Gasteiger partial charge on any atom is -0.468 e. The quantitative estimate of drug-likeness (QED) is 0.148. The monoisotopic (exact) mass is 691 g/mol. The first-order valence-electron chi connectivity index (χ1n) is 16.8. The van der Waals surface area contributed by atoms with Gasteiger partial charge in [-0.2, -0.15) is 0 Å². The fraction of sp³-hybridized carbons (Fsp3) is 0.316. The van der Waals surface area contributed by atoms with Gasteiger partial charge in [0.15, 0.2) is 35.4 Å². The van der Waals surface area contributed by atoms with E-state index in [1.54, 1.807) is 28.8 Å². The van der Waals surface area contributed by atoms with Crippen molar-refractivity contribution in [1.29, 1.82) is 0 Å². The topological polar surface area (TPSA) is 153 Å². The lowest BCUT2D eigenvalue weighted by atomic mass is 9.89. The van der Waals surface area contributed by atoms with E-state index in [2.05, 4.69) is 20.3 Å². The number of aromatic nitrogens is 4. The Labute approximate surface area is 293 Å². The van der Waals surface area contributed by atoms with Crippen LogP contribution in [0.3, 0.4) is 0 Å². The van der Waals surface area contributed by atoms with E-state index in [9.17, 15) is 14.4 Å². The number of carbonyl (C=O) groups is 3. The van der Waals surface area contributed by atoms with Crippen LogP contribution in [0.4, 0.5) is 5.82 Å². The van der Waals surface area contributed by atoms with E-state index in [-0.39, 0.29) is 18.9 Å². The van der Waals surface area contributed by atoms with Crippen LogP contribution in [0.25, 0.3) is 11.2 Å². The Morgan fingerprint density at radius 1 is 0.843 bits per heavy atom. The Bertz CT molecular complexity index is 1950. The molecule has 13 nitrogen and oxygen atoms in total. The van der Waals surface area contributed by atoms with Gasteiger partial charge in [-0.1, -0.05) is 91.0 Å². The smallest absolute Gasteiger partial charge is 0.315 e. The van der Waals surface area contributed by atoms with Gasteiger partial charge in [0.05, 0.1) is 38.9 Å². The third-order valence-electron chi connectivity index (χ3n) is 8.99. The van der Waals surface area contributed by atoms with Crippen LogP contribution in [0, 0.1) is 0 Å². The molecule has 0 spiro atoms. The predicted octanol–water partition coefficient (Wildman–Crippen LogP) is 4.19. The summed E-state index contributed by atoms with van der Waals surface area (Å²) in [6, 6.07) is 27.2. The zero-order valence-corrected chi connectivity index (χ0v) is 27.9. The lowest BCUT2D eigenvalue weighted by molar-refractivity contribution is -0.168. The number of hydrogen-bond acceptors (Lipinski definition) is 12. The van der Waals surface area contributed by atoms with Crippen LogP contribution < -0.4 is 5.32 Å². The lowest BCUT2D eigenvalue weighted by Gasteiger charge is -2.27. The number of nitrogens with zero attached hydrogens (tertiary/aromatic N) is 4. The van der Waals surface area contributed by atoms with Gasteiger partial charge >= 0.3 is 17.9 Å². The summed E-state index contributed by atoms with van der Waals surface area (Å²) in [6.45, 7) is 1.17. The van der Waals surface area contributed by atoms with Crippen molar-refractivity contribution in [3.63, 3.8) is 0 Å². The third-order valence-corrected chi connectivity index (χ3v) is 8.99. The van der Waals surface area contributed by atoms with Crippen molar-refractivity contribution in [3.05, 3.63) is 120 Å². The maximum absolute atomic E-state index is 13.7. The summed E-state index contributed by atoms with van der Waals surface area (Å²) in [4.78, 5) is 54.5. The maximum Gasteiger partial charge on any atom is 0.315 e. The van der Waals surface area contributed by atoms with Gasteiger partial charge in [-0.25, -0.2) is 15.0 Å². The normalized spacial score (nSPS) is 21.9. The van der Waals surface area contributed by atoms with Gasteiger partial charge in [0.1, 0.15) is 18.3 Å². The molecule has 2 saturated heterocycles. The van der Waals surface area contributed by atoms with E-state index < -0.39 is 48.4 Å². The highest BCUT2D eigenvalue weighted by Crippen LogP contribution is 2.42. The fourth-order valence-corrected chi connectivity index (χ4v) is 6.56. The molecular formula is C38H37N5O8. The Kier molecular flexibility index (Phi) is 10.3. The van der Waals surface area contributed by atoms with Crippen molar-refractivity contribution in [1.82, 2.24) is 19.5 Å². The molecule has 2 aliphatic heterocycles. The van der Waals surface area contributed by atoms with Crippen molar-refractivity contribution < 1.29 is 38.1 Å². The summed E-state index contributed by atoms with van der Waals surface area (Å²) < 4.78 is 31.5. The molecule has 4 heterocycles. The Morgan fingerprint density at radius 2 is 1.47 bits per heavy atom. The standard InChI is InChI=1S/C38H37N5O8/c1-47-38(46)30(26-15-9-4-10-16-26)32-33(49-28(44)19-24-11-5-2-6-12-24)34(50-29(45)20-25-13-7-3-8-14-25)37(51-32)43-23-41-31-35(39-22-40-36(31)43)42-27-17-18-48-21-27/h2-16,22-23,27,30,32-34,37H,17-21H2,1H3,(H,39,40,42)/t27-,30?,32-,33-,34-,37?/m1/s1. The maximum atomic E-state index is 13.7. The van der Waals surface area contributed by atoms with Gasteiger partial charge in [0.25, 0.3) is 0 Å². The molecule has 0 amide bonds. The molecule has 1 N–H and O–H groups in total. The number of imidazole rings is 1. The molecule has 2 aliphatic rings. The highest BCUT2D eigenvalue weighted by atomic mass is 16.6. The number of fused-ring (bicyclic) bond motifs is 1. The molecule has 2 fully saturated rings. The number of benzene rings is 3. The van der Waals surface area contributed by atoms with Gasteiger partial charge in [-0.3, -0.25) is 19.0 Å². The van der Waals surface area contributed by atoms with E-state index in [4.69, 9.17) is 23.7 Å². The van der Waals surface area contributed by atoms with Gasteiger partial charge in [0, 0.05) is 6.61 Å². The molecular weight excluding hydrogens is 654 g/mol. The van der Waals surface area contributed by atoms with Gasteiger partial charge < -0.3 is 29.0 Å². The zero-order chi connectivity index (χ0) is 35.2. The molecule has 262 valence electrons. The van der Waals surface area contributed by atoms with Crippen LogP contribution >= 0.6 is 0 Å². The minimum atomic E-state index is -1.25. The van der Waals surface area contributed by atoms with Crippen molar-refractivity contribution in [3.8, 4) is 0 Å². The second-order valence-corrected chi connectivity index (χ2v) is 12.4. The predicted molar refractivity (Wildman–Crippen MR) is 183 cm³/mol. The summed E-state index contributed by atoms with van der Waals surface area (Å²) in [5.41, 5.74) is 2.86. The van der Waals surface area contributed by atoms with Gasteiger partial charge in [-0.15, -0.1) is 0 Å². The van der Waals surface area contributed by atoms with Crippen LogP contribution in [-0.2, 0) is 50.9 Å². The number of anilines is 1. The van der Waals surface area contributed by atoms with Crippen molar-refractivity contribution in [2.45, 2.75) is 55.8 Å². The summed E-state index contributed by atoms with van der Waals surface area (Å²) in [7, 11) is 1.28. The first-order chi connectivity index (χ1) is 25.0. The number of carbonyl (C=O) groups excluding carboxylic acids is 3. The molecule has 0 bridgehead atoms. The molecule has 6 atom stereocenters. The summed E-state index contributed by atoms with van der Waals surface area (Å²) in [5.74, 6) is -2.35. The number of ether oxygens (including phenoxy) is 5. The first-order valence-corrected chi connectivity index (χ1v) is 16.8. The summed E-state index contributed by atoms with van der Waals surface area (Å²) >= 11 is 0. The van der Waals surface area contributed by atoms with E-state index in [0.29, 0.717) is 35.8 Å². The van der Waals surface area contributed by atoms with Crippen molar-refractivity contribution in [2.75, 3.05) is 25.6 Å². The highest BCUT2D eigenvalue weighted by molar-refractivity contribution is 5.83. The molecule has 51 heavy (non-hydrogen) atoms. The lowest BCUT2D eigenvalue weighted by Crippen LogP contribution is -2.43. The average Bonchev–Trinajstić information content (AvgIpc) is 3.90. The van der Waals surface area contributed by atoms with E-state index in [1.165, 1.54) is 19.8 Å². The Hall–Kier alpha value is -5.66. The molecule has 5 aromatic rings. The molecule has 2 unspecified atom stereocenters. The van der Waals surface area contributed by atoms with Gasteiger partial charge in [-0.05, 0) is 23.1 Å². The van der Waals surface area contributed by atoms with Crippen LogP contribution in [0.2, 0.25) is 0 Å².